The van der Waals surface area contributed by atoms with Gasteiger partial charge in [-0.2, -0.15) is 0 Å². The molecule has 2 amide bonds. The molecule has 1 fully saturated rings. The van der Waals surface area contributed by atoms with Crippen LogP contribution in [0.1, 0.15) is 54.3 Å². The summed E-state index contributed by atoms with van der Waals surface area (Å²) in [4.78, 5) is 26.8. The maximum Gasteiger partial charge on any atom is 0.253 e. The number of hydrogen-bond donors (Lipinski definition) is 2. The Morgan fingerprint density at radius 1 is 1.16 bits per heavy atom. The van der Waals surface area contributed by atoms with Crippen molar-refractivity contribution in [1.82, 2.24) is 15.5 Å². The third-order valence-electron chi connectivity index (χ3n) is 4.47. The van der Waals surface area contributed by atoms with E-state index in [2.05, 4.69) is 31.4 Å². The molecule has 1 heterocycles. The van der Waals surface area contributed by atoms with Crippen molar-refractivity contribution in [1.29, 1.82) is 0 Å². The van der Waals surface area contributed by atoms with E-state index in [1.807, 2.05) is 11.9 Å². The number of amides is 2. The van der Waals surface area contributed by atoms with Gasteiger partial charge in [0.15, 0.2) is 0 Å². The fraction of sp³-hybridized carbons (Fsp3) is 0.600. The molecule has 1 aromatic rings. The van der Waals surface area contributed by atoms with E-state index in [4.69, 9.17) is 0 Å². The molecule has 0 radical (unpaired) electrons. The van der Waals surface area contributed by atoms with Crippen molar-refractivity contribution in [2.75, 3.05) is 33.2 Å². The minimum atomic E-state index is -0.0963. The Morgan fingerprint density at radius 3 is 2.40 bits per heavy atom. The number of likely N-dealkylation sites (tertiary alicyclic amines) is 1. The average molecular weight is 345 g/mol. The van der Waals surface area contributed by atoms with Gasteiger partial charge in [0.05, 0.1) is 0 Å². The van der Waals surface area contributed by atoms with E-state index in [1.54, 1.807) is 24.3 Å². The SMILES string of the molecule is CNCC1CCCN(C(=O)c2ccc(C(=O)NCC(C)(C)C)cc2)C1. The van der Waals surface area contributed by atoms with Crippen LogP contribution in [-0.4, -0.2) is 49.9 Å². The number of nitrogens with zero attached hydrogens (tertiary/aromatic N) is 1. The zero-order valence-corrected chi connectivity index (χ0v) is 15.9. The molecule has 2 rings (SSSR count). The number of carbonyl (C=O) groups is 2. The molecule has 1 aliphatic heterocycles. The van der Waals surface area contributed by atoms with Gasteiger partial charge in [0.1, 0.15) is 0 Å². The van der Waals surface area contributed by atoms with Crippen LogP contribution in [0.5, 0.6) is 0 Å². The van der Waals surface area contributed by atoms with E-state index < -0.39 is 0 Å². The van der Waals surface area contributed by atoms with Crippen molar-refractivity contribution in [3.05, 3.63) is 35.4 Å². The summed E-state index contributed by atoms with van der Waals surface area (Å²) in [6, 6.07) is 6.99. The molecular weight excluding hydrogens is 314 g/mol. The zero-order valence-electron chi connectivity index (χ0n) is 15.9. The summed E-state index contributed by atoms with van der Waals surface area (Å²) in [5, 5.41) is 6.13. The Labute approximate surface area is 151 Å². The highest BCUT2D eigenvalue weighted by atomic mass is 16.2. The van der Waals surface area contributed by atoms with E-state index in [1.165, 1.54) is 0 Å². The first-order valence-corrected chi connectivity index (χ1v) is 9.12. The molecular formula is C20H31N3O2. The third kappa shape index (κ3) is 5.85. The molecule has 1 atom stereocenters. The Balaban J connectivity index is 1.96. The Morgan fingerprint density at radius 2 is 1.80 bits per heavy atom. The highest BCUT2D eigenvalue weighted by Crippen LogP contribution is 2.18. The van der Waals surface area contributed by atoms with E-state index in [0.29, 0.717) is 23.6 Å². The van der Waals surface area contributed by atoms with Gasteiger partial charge in [-0.15, -0.1) is 0 Å². The lowest BCUT2D eigenvalue weighted by Gasteiger charge is -2.32. The van der Waals surface area contributed by atoms with Crippen LogP contribution < -0.4 is 10.6 Å². The first kappa shape index (κ1) is 19.4. The molecule has 1 aliphatic rings. The topological polar surface area (TPSA) is 61.4 Å². The first-order chi connectivity index (χ1) is 11.8. The van der Waals surface area contributed by atoms with Crippen LogP contribution in [0.3, 0.4) is 0 Å². The highest BCUT2D eigenvalue weighted by molar-refractivity contribution is 5.97. The van der Waals surface area contributed by atoms with Gasteiger partial charge < -0.3 is 15.5 Å². The maximum absolute atomic E-state index is 12.7. The lowest BCUT2D eigenvalue weighted by molar-refractivity contribution is 0.0674. The summed E-state index contributed by atoms with van der Waals surface area (Å²) in [7, 11) is 1.95. The fourth-order valence-electron chi connectivity index (χ4n) is 3.10. The van der Waals surface area contributed by atoms with E-state index in [0.717, 1.165) is 32.5 Å². The Kier molecular flexibility index (Phi) is 6.59. The molecule has 0 bridgehead atoms. The molecule has 5 nitrogen and oxygen atoms in total. The fourth-order valence-corrected chi connectivity index (χ4v) is 3.10. The van der Waals surface area contributed by atoms with Crippen LogP contribution in [0, 0.1) is 11.3 Å². The smallest absolute Gasteiger partial charge is 0.253 e. The maximum atomic E-state index is 12.7. The minimum Gasteiger partial charge on any atom is -0.352 e. The van der Waals surface area contributed by atoms with Crippen LogP contribution in [0.15, 0.2) is 24.3 Å². The Bertz CT molecular complexity index is 588. The van der Waals surface area contributed by atoms with E-state index >= 15 is 0 Å². The number of carbonyl (C=O) groups excluding carboxylic acids is 2. The molecule has 1 unspecified atom stereocenters. The summed E-state index contributed by atoms with van der Waals surface area (Å²) < 4.78 is 0. The predicted octanol–water partition coefficient (Wildman–Crippen LogP) is 2.53. The van der Waals surface area contributed by atoms with E-state index in [-0.39, 0.29) is 17.2 Å². The molecule has 0 spiro atoms. The van der Waals surface area contributed by atoms with Crippen LogP contribution >= 0.6 is 0 Å². The van der Waals surface area contributed by atoms with Crippen molar-refractivity contribution in [2.24, 2.45) is 11.3 Å². The van der Waals surface area contributed by atoms with Crippen molar-refractivity contribution in [3.63, 3.8) is 0 Å². The molecule has 138 valence electrons. The van der Waals surface area contributed by atoms with Crippen molar-refractivity contribution in [3.8, 4) is 0 Å². The predicted molar refractivity (Wildman–Crippen MR) is 101 cm³/mol. The van der Waals surface area contributed by atoms with Gasteiger partial charge in [-0.25, -0.2) is 0 Å². The molecule has 1 saturated heterocycles. The number of piperidine rings is 1. The van der Waals surface area contributed by atoms with E-state index in [9.17, 15) is 9.59 Å². The molecule has 0 aromatic heterocycles. The van der Waals surface area contributed by atoms with Crippen LogP contribution in [0.2, 0.25) is 0 Å². The summed E-state index contributed by atoms with van der Waals surface area (Å²) in [5.41, 5.74) is 1.29. The highest BCUT2D eigenvalue weighted by Gasteiger charge is 2.24. The number of hydrogen-bond acceptors (Lipinski definition) is 3. The van der Waals surface area contributed by atoms with Crippen molar-refractivity contribution in [2.45, 2.75) is 33.6 Å². The second-order valence-electron chi connectivity index (χ2n) is 8.14. The normalized spacial score (nSPS) is 18.1. The third-order valence-corrected chi connectivity index (χ3v) is 4.47. The summed E-state index contributed by atoms with van der Waals surface area (Å²) in [5.74, 6) is 0.480. The van der Waals surface area contributed by atoms with Gasteiger partial charge in [-0.05, 0) is 62.0 Å². The van der Waals surface area contributed by atoms with Crippen molar-refractivity contribution >= 4 is 11.8 Å². The zero-order chi connectivity index (χ0) is 18.4. The number of nitrogens with one attached hydrogen (secondary N) is 2. The van der Waals surface area contributed by atoms with Gasteiger partial charge in [0, 0.05) is 30.8 Å². The van der Waals surface area contributed by atoms with Gasteiger partial charge in [0.25, 0.3) is 11.8 Å². The summed E-state index contributed by atoms with van der Waals surface area (Å²) in [6.45, 7) is 9.41. The summed E-state index contributed by atoms with van der Waals surface area (Å²) >= 11 is 0. The second kappa shape index (κ2) is 8.48. The van der Waals surface area contributed by atoms with Crippen molar-refractivity contribution < 1.29 is 9.59 Å². The van der Waals surface area contributed by atoms with Crippen LogP contribution in [-0.2, 0) is 0 Å². The molecule has 2 N–H and O–H groups in total. The number of benzene rings is 1. The monoisotopic (exact) mass is 345 g/mol. The molecule has 0 saturated carbocycles. The largest absolute Gasteiger partial charge is 0.352 e. The quantitative estimate of drug-likeness (QED) is 0.862. The lowest BCUT2D eigenvalue weighted by Crippen LogP contribution is -2.42. The minimum absolute atomic E-state index is 0.0454. The van der Waals surface area contributed by atoms with Gasteiger partial charge >= 0.3 is 0 Å². The Hall–Kier alpha value is -1.88. The molecule has 0 aliphatic carbocycles. The van der Waals surface area contributed by atoms with Crippen LogP contribution in [0.25, 0.3) is 0 Å². The lowest BCUT2D eigenvalue weighted by atomic mass is 9.96. The van der Waals surface area contributed by atoms with Gasteiger partial charge in [0.2, 0.25) is 0 Å². The second-order valence-corrected chi connectivity index (χ2v) is 8.14. The molecule has 5 heteroatoms. The molecule has 25 heavy (non-hydrogen) atoms. The average Bonchev–Trinajstić information content (AvgIpc) is 2.59. The first-order valence-electron chi connectivity index (χ1n) is 9.12. The van der Waals surface area contributed by atoms with Crippen LogP contribution in [0.4, 0.5) is 0 Å². The molecule has 1 aromatic carbocycles. The van der Waals surface area contributed by atoms with Gasteiger partial charge in [-0.1, -0.05) is 20.8 Å². The number of rotatable bonds is 5. The standard InChI is InChI=1S/C20H31N3O2/c1-20(2,3)14-22-18(24)16-7-9-17(10-8-16)19(25)23-11-5-6-15(13-23)12-21-4/h7-10,15,21H,5-6,11-14H2,1-4H3,(H,22,24). The summed E-state index contributed by atoms with van der Waals surface area (Å²) in [6.07, 6.45) is 2.21. The van der Waals surface area contributed by atoms with Gasteiger partial charge in [-0.3, -0.25) is 9.59 Å².